The van der Waals surface area contributed by atoms with Crippen molar-refractivity contribution in [3.63, 3.8) is 0 Å². The van der Waals surface area contributed by atoms with Crippen LogP contribution in [0.2, 0.25) is 0 Å². The number of hydrogen-bond acceptors (Lipinski definition) is 6. The maximum atomic E-state index is 12.7. The van der Waals surface area contributed by atoms with E-state index in [0.717, 1.165) is 17.8 Å². The number of thiazole rings is 1. The Labute approximate surface area is 181 Å². The summed E-state index contributed by atoms with van der Waals surface area (Å²) in [6.45, 7) is 5.42. The average molecular weight is 451 g/mol. The smallest absolute Gasteiger partial charge is 0.416 e. The van der Waals surface area contributed by atoms with E-state index in [0.29, 0.717) is 10.7 Å². The van der Waals surface area contributed by atoms with Crippen LogP contribution in [-0.4, -0.2) is 22.0 Å². The quantitative estimate of drug-likeness (QED) is 0.515. The second-order valence-electron chi connectivity index (χ2n) is 6.93. The Bertz CT molecular complexity index is 1050. The highest BCUT2D eigenvalue weighted by atomic mass is 32.1. The minimum atomic E-state index is -4.40. The summed E-state index contributed by atoms with van der Waals surface area (Å²) in [5.41, 5.74) is 0.827. The number of carbonyl (C=O) groups excluding carboxylic acids is 1. The summed E-state index contributed by atoms with van der Waals surface area (Å²) >= 11 is 1.30. The van der Waals surface area contributed by atoms with Crippen molar-refractivity contribution >= 4 is 22.4 Å². The Morgan fingerprint density at radius 1 is 1.13 bits per heavy atom. The number of amides is 1. The Morgan fingerprint density at radius 2 is 1.81 bits per heavy atom. The van der Waals surface area contributed by atoms with E-state index in [1.165, 1.54) is 35.6 Å². The number of carbonyl (C=O) groups is 1. The maximum absolute atomic E-state index is 12.7. The van der Waals surface area contributed by atoms with Crippen LogP contribution in [0.3, 0.4) is 0 Å². The van der Waals surface area contributed by atoms with Crippen molar-refractivity contribution in [2.45, 2.75) is 39.7 Å². The number of halogens is 3. The van der Waals surface area contributed by atoms with Gasteiger partial charge in [-0.2, -0.15) is 18.2 Å². The molecule has 0 saturated carbocycles. The molecule has 6 nitrogen and oxygen atoms in total. The molecule has 0 saturated heterocycles. The third kappa shape index (κ3) is 6.42. The van der Waals surface area contributed by atoms with Gasteiger partial charge in [0.05, 0.1) is 22.9 Å². The molecule has 0 bridgehead atoms. The second kappa shape index (κ2) is 9.34. The van der Waals surface area contributed by atoms with Crippen molar-refractivity contribution in [2.75, 3.05) is 5.32 Å². The van der Waals surface area contributed by atoms with Gasteiger partial charge in [-0.25, -0.2) is 4.98 Å². The molecule has 31 heavy (non-hydrogen) atoms. The van der Waals surface area contributed by atoms with Crippen molar-refractivity contribution in [1.82, 2.24) is 9.97 Å². The number of pyridine rings is 1. The molecule has 3 rings (SSSR count). The number of aryl methyl sites for hydroxylation is 1. The SMILES string of the molecule is Cc1csc(NC(=O)c2cc(OCc3ccc(C(F)(F)F)cc3)nc(OC(C)C)c2)n1. The lowest BCUT2D eigenvalue weighted by Crippen LogP contribution is -2.14. The highest BCUT2D eigenvalue weighted by Gasteiger charge is 2.29. The van der Waals surface area contributed by atoms with Crippen LogP contribution in [0.1, 0.15) is 41.0 Å². The number of alkyl halides is 3. The van der Waals surface area contributed by atoms with Crippen LogP contribution in [0.4, 0.5) is 18.3 Å². The van der Waals surface area contributed by atoms with Gasteiger partial charge in [0, 0.05) is 17.5 Å². The minimum Gasteiger partial charge on any atom is -0.475 e. The van der Waals surface area contributed by atoms with E-state index in [4.69, 9.17) is 9.47 Å². The molecule has 2 heterocycles. The summed E-state index contributed by atoms with van der Waals surface area (Å²) in [4.78, 5) is 21.0. The predicted octanol–water partition coefficient (Wildman–Crippen LogP) is 5.48. The molecule has 0 atom stereocenters. The minimum absolute atomic E-state index is 0.0248. The summed E-state index contributed by atoms with van der Waals surface area (Å²) < 4.78 is 49.3. The zero-order valence-corrected chi connectivity index (χ0v) is 17.8. The molecule has 2 aromatic heterocycles. The molecule has 0 unspecified atom stereocenters. The molecule has 3 aromatic rings. The van der Waals surface area contributed by atoms with Crippen molar-refractivity contribution in [1.29, 1.82) is 0 Å². The van der Waals surface area contributed by atoms with Crippen LogP contribution in [0.5, 0.6) is 11.8 Å². The Kier molecular flexibility index (Phi) is 6.79. The van der Waals surface area contributed by atoms with E-state index in [9.17, 15) is 18.0 Å². The number of anilines is 1. The van der Waals surface area contributed by atoms with Crippen molar-refractivity contribution in [3.8, 4) is 11.8 Å². The van der Waals surface area contributed by atoms with E-state index in [1.54, 1.807) is 0 Å². The lowest BCUT2D eigenvalue weighted by molar-refractivity contribution is -0.137. The molecule has 10 heteroatoms. The highest BCUT2D eigenvalue weighted by molar-refractivity contribution is 7.13. The molecule has 0 aliphatic carbocycles. The van der Waals surface area contributed by atoms with Crippen molar-refractivity contribution in [3.05, 3.63) is 64.2 Å². The first-order valence-corrected chi connectivity index (χ1v) is 10.2. The lowest BCUT2D eigenvalue weighted by atomic mass is 10.1. The van der Waals surface area contributed by atoms with E-state index in [2.05, 4.69) is 15.3 Å². The molecule has 1 N–H and O–H groups in total. The number of aromatic nitrogens is 2. The Balaban J connectivity index is 1.77. The molecule has 0 aliphatic heterocycles. The van der Waals surface area contributed by atoms with Crippen LogP contribution in [0.25, 0.3) is 0 Å². The number of nitrogens with one attached hydrogen (secondary N) is 1. The van der Waals surface area contributed by atoms with Gasteiger partial charge in [0.15, 0.2) is 5.13 Å². The van der Waals surface area contributed by atoms with Crippen molar-refractivity contribution < 1.29 is 27.4 Å². The summed E-state index contributed by atoms with van der Waals surface area (Å²) in [7, 11) is 0. The van der Waals surface area contributed by atoms with Gasteiger partial charge in [-0.05, 0) is 38.5 Å². The first-order chi connectivity index (χ1) is 14.6. The fraction of sp³-hybridized carbons (Fsp3) is 0.286. The van der Waals surface area contributed by atoms with E-state index in [1.807, 2.05) is 26.2 Å². The Morgan fingerprint density at radius 3 is 2.39 bits per heavy atom. The number of ether oxygens (including phenoxy) is 2. The zero-order valence-electron chi connectivity index (χ0n) is 17.0. The molecule has 1 aromatic carbocycles. The van der Waals surface area contributed by atoms with E-state index < -0.39 is 17.6 Å². The van der Waals surface area contributed by atoms with Crippen LogP contribution < -0.4 is 14.8 Å². The normalized spacial score (nSPS) is 11.5. The van der Waals surface area contributed by atoms with Gasteiger partial charge in [0.25, 0.3) is 5.91 Å². The number of hydrogen-bond donors (Lipinski definition) is 1. The predicted molar refractivity (Wildman–Crippen MR) is 111 cm³/mol. The Hall–Kier alpha value is -3.14. The molecule has 0 fully saturated rings. The lowest BCUT2D eigenvalue weighted by Gasteiger charge is -2.13. The standard InChI is InChI=1S/C21H20F3N3O3S/c1-12(2)30-18-9-15(19(28)27-20-25-13(3)11-31-20)8-17(26-18)29-10-14-4-6-16(7-5-14)21(22,23)24/h4-9,11-12H,10H2,1-3H3,(H,25,27,28). The number of benzene rings is 1. The van der Waals surface area contributed by atoms with Crippen molar-refractivity contribution in [2.24, 2.45) is 0 Å². The fourth-order valence-electron chi connectivity index (χ4n) is 2.52. The van der Waals surface area contributed by atoms with Crippen LogP contribution in [0, 0.1) is 6.92 Å². The highest BCUT2D eigenvalue weighted by Crippen LogP contribution is 2.29. The van der Waals surface area contributed by atoms with Gasteiger partial charge in [-0.3, -0.25) is 10.1 Å². The van der Waals surface area contributed by atoms with Gasteiger partial charge in [0.1, 0.15) is 6.61 Å². The third-order valence-corrected chi connectivity index (χ3v) is 4.78. The topological polar surface area (TPSA) is 73.3 Å². The van der Waals surface area contributed by atoms with E-state index >= 15 is 0 Å². The number of rotatable bonds is 7. The summed E-state index contributed by atoms with van der Waals surface area (Å²) in [5, 5.41) is 4.97. The zero-order chi connectivity index (χ0) is 22.6. The van der Waals surface area contributed by atoms with Gasteiger partial charge in [0.2, 0.25) is 11.8 Å². The van der Waals surface area contributed by atoms with Crippen LogP contribution in [0.15, 0.2) is 41.8 Å². The monoisotopic (exact) mass is 451 g/mol. The molecule has 1 amide bonds. The molecular weight excluding hydrogens is 431 g/mol. The van der Waals surface area contributed by atoms with Gasteiger partial charge >= 0.3 is 6.18 Å². The first-order valence-electron chi connectivity index (χ1n) is 9.31. The van der Waals surface area contributed by atoms with Gasteiger partial charge in [-0.1, -0.05) is 12.1 Å². The third-order valence-electron chi connectivity index (χ3n) is 3.90. The van der Waals surface area contributed by atoms with Gasteiger partial charge in [-0.15, -0.1) is 11.3 Å². The molecular formula is C21H20F3N3O3S. The fourth-order valence-corrected chi connectivity index (χ4v) is 3.20. The largest absolute Gasteiger partial charge is 0.475 e. The average Bonchev–Trinajstić information content (AvgIpc) is 3.10. The van der Waals surface area contributed by atoms with E-state index in [-0.39, 0.29) is 30.0 Å². The second-order valence-corrected chi connectivity index (χ2v) is 7.79. The summed E-state index contributed by atoms with van der Waals surface area (Å²) in [5.74, 6) is -0.108. The molecule has 0 aliphatic rings. The molecule has 0 radical (unpaired) electrons. The maximum Gasteiger partial charge on any atom is 0.416 e. The molecule has 0 spiro atoms. The summed E-state index contributed by atoms with van der Waals surface area (Å²) in [6, 6.07) is 7.55. The van der Waals surface area contributed by atoms with Gasteiger partial charge < -0.3 is 9.47 Å². The van der Waals surface area contributed by atoms with Crippen LogP contribution in [-0.2, 0) is 12.8 Å². The first kappa shape index (κ1) is 22.5. The molecule has 164 valence electrons. The van der Waals surface area contributed by atoms with Crippen LogP contribution >= 0.6 is 11.3 Å². The number of nitrogens with zero attached hydrogens (tertiary/aromatic N) is 2. The summed E-state index contributed by atoms with van der Waals surface area (Å²) in [6.07, 6.45) is -4.59.